The largest absolute Gasteiger partial charge is 0.499 e. The van der Waals surface area contributed by atoms with Crippen molar-refractivity contribution in [2.24, 2.45) is 4.99 Å². The summed E-state index contributed by atoms with van der Waals surface area (Å²) < 4.78 is 10.2. The summed E-state index contributed by atoms with van der Waals surface area (Å²) >= 11 is 0. The molecule has 5 heteroatoms. The van der Waals surface area contributed by atoms with Gasteiger partial charge >= 0.3 is 11.7 Å². The van der Waals surface area contributed by atoms with Crippen LogP contribution in [-0.4, -0.2) is 35.5 Å². The standard InChI is InChI=1S/C36H19N5/c1-3-11-22-20(9-1)28-17-29-21-10-2-4-12-23(21)31-19-33-25-14-6-8-16-27(25)35-37-34-26-15-7-5-13-24(26)32-18-30(22)38(28)36(39(29)31,40(32)34)41(33)35/h1-19H/q+2. The van der Waals surface area contributed by atoms with Gasteiger partial charge in [0.25, 0.3) is 5.82 Å². The predicted molar refractivity (Wildman–Crippen MR) is 161 cm³/mol. The van der Waals surface area contributed by atoms with E-state index in [1.165, 1.54) is 77.3 Å². The molecule has 0 radical (unpaired) electrons. The van der Waals surface area contributed by atoms with Gasteiger partial charge in [-0.15, -0.1) is 9.15 Å². The molecule has 0 aliphatic carbocycles. The number of amidine groups is 1. The van der Waals surface area contributed by atoms with Crippen molar-refractivity contribution in [1.82, 2.24) is 9.13 Å². The number of hydrogen-bond acceptors (Lipinski definition) is 1. The first-order chi connectivity index (χ1) is 20.4. The van der Waals surface area contributed by atoms with Crippen LogP contribution in [-0.2, 0) is 5.91 Å². The Labute approximate surface area is 233 Å². The van der Waals surface area contributed by atoms with E-state index in [1.54, 1.807) is 0 Å². The molecule has 0 fully saturated rings. The van der Waals surface area contributed by atoms with Crippen LogP contribution in [0.25, 0.3) is 45.5 Å². The molecule has 186 valence electrons. The van der Waals surface area contributed by atoms with Gasteiger partial charge in [-0.05, 0) is 35.3 Å². The Hall–Kier alpha value is -5.55. The maximum Gasteiger partial charge on any atom is 0.499 e. The van der Waals surface area contributed by atoms with Crippen LogP contribution in [0.4, 0.5) is 5.82 Å². The molecule has 4 aromatic carbocycles. The zero-order valence-corrected chi connectivity index (χ0v) is 21.7. The van der Waals surface area contributed by atoms with Crippen LogP contribution in [0.2, 0.25) is 0 Å². The van der Waals surface area contributed by atoms with Crippen molar-refractivity contribution in [2.45, 2.75) is 5.91 Å². The fourth-order valence-electron chi connectivity index (χ4n) is 8.53. The zero-order valence-electron chi connectivity index (χ0n) is 21.7. The molecule has 6 aliphatic rings. The van der Waals surface area contributed by atoms with Gasteiger partial charge in [0.1, 0.15) is 5.71 Å². The monoisotopic (exact) mass is 521 g/mol. The fourth-order valence-corrected chi connectivity index (χ4v) is 8.53. The highest BCUT2D eigenvalue weighted by Gasteiger charge is 2.71. The van der Waals surface area contributed by atoms with E-state index in [0.29, 0.717) is 0 Å². The van der Waals surface area contributed by atoms with Gasteiger partial charge in [-0.1, -0.05) is 66.7 Å². The van der Waals surface area contributed by atoms with E-state index < -0.39 is 5.91 Å². The Balaban J connectivity index is 1.45. The minimum Gasteiger partial charge on any atom is -0.220 e. The highest BCUT2D eigenvalue weighted by molar-refractivity contribution is 6.29. The van der Waals surface area contributed by atoms with Crippen LogP contribution in [0.1, 0.15) is 27.9 Å². The SMILES string of the molecule is C1=C2c3ccccc3C3=[N+]2C24n5c1c1ccccc1c5N=C1c5ccccc5C(=[N+]12)C=c1c2ccccc2c(n14)=C3. The van der Waals surface area contributed by atoms with Gasteiger partial charge in [0.2, 0.25) is 11.4 Å². The highest BCUT2D eigenvalue weighted by Crippen LogP contribution is 2.52. The van der Waals surface area contributed by atoms with Gasteiger partial charge in [0.15, 0.2) is 0 Å². The van der Waals surface area contributed by atoms with E-state index in [2.05, 4.69) is 134 Å². The smallest absolute Gasteiger partial charge is 0.220 e. The van der Waals surface area contributed by atoms with Crippen LogP contribution >= 0.6 is 0 Å². The molecule has 1 spiro atoms. The molecule has 0 saturated carbocycles. The Bertz CT molecular complexity index is 2460. The lowest BCUT2D eigenvalue weighted by Crippen LogP contribution is -2.70. The lowest BCUT2D eigenvalue weighted by Gasteiger charge is -2.38. The summed E-state index contributed by atoms with van der Waals surface area (Å²) in [5.41, 5.74) is 9.86. The molecular weight excluding hydrogens is 502 g/mol. The summed E-state index contributed by atoms with van der Waals surface area (Å²) in [6.07, 6.45) is 7.21. The number of nitrogens with zero attached hydrogens (tertiary/aromatic N) is 5. The van der Waals surface area contributed by atoms with Gasteiger partial charge in [0, 0.05) is 40.0 Å². The van der Waals surface area contributed by atoms with E-state index in [-0.39, 0.29) is 0 Å². The molecule has 6 aromatic rings. The average molecular weight is 522 g/mol. The van der Waals surface area contributed by atoms with E-state index in [1.807, 2.05) is 0 Å². The van der Waals surface area contributed by atoms with Crippen LogP contribution in [0.3, 0.4) is 0 Å². The lowest BCUT2D eigenvalue weighted by atomic mass is 10.0. The molecule has 5 nitrogen and oxygen atoms in total. The normalized spacial score (nSPS) is 20.8. The summed E-state index contributed by atoms with van der Waals surface area (Å²) in [7, 11) is 0. The number of aromatic nitrogens is 2. The van der Waals surface area contributed by atoms with Crippen molar-refractivity contribution in [3.63, 3.8) is 0 Å². The molecule has 1 unspecified atom stereocenters. The molecular formula is C36H19N5+2. The van der Waals surface area contributed by atoms with Gasteiger partial charge in [-0.25, -0.2) is 4.57 Å². The van der Waals surface area contributed by atoms with E-state index in [9.17, 15) is 0 Å². The third-order valence-corrected chi connectivity index (χ3v) is 9.95. The summed E-state index contributed by atoms with van der Waals surface area (Å²) in [5.74, 6) is 1.30. The predicted octanol–water partition coefficient (Wildman–Crippen LogP) is 4.53. The molecule has 6 aliphatic heterocycles. The second-order valence-corrected chi connectivity index (χ2v) is 11.6. The van der Waals surface area contributed by atoms with Crippen LogP contribution in [0.5, 0.6) is 0 Å². The van der Waals surface area contributed by atoms with Crippen molar-refractivity contribution >= 4 is 68.5 Å². The number of rotatable bonds is 0. The maximum absolute atomic E-state index is 5.52. The second kappa shape index (κ2) is 5.96. The molecule has 8 heterocycles. The van der Waals surface area contributed by atoms with Gasteiger partial charge in [0.05, 0.1) is 38.5 Å². The van der Waals surface area contributed by atoms with Crippen molar-refractivity contribution in [2.75, 3.05) is 0 Å². The third-order valence-electron chi connectivity index (χ3n) is 9.95. The number of aliphatic imine (C=N–C) groups is 1. The number of fused-ring (bicyclic) bond motifs is 12. The number of benzene rings is 4. The van der Waals surface area contributed by atoms with Crippen LogP contribution < -0.4 is 10.7 Å². The minimum atomic E-state index is -0.735. The van der Waals surface area contributed by atoms with Gasteiger partial charge < -0.3 is 0 Å². The summed E-state index contributed by atoms with van der Waals surface area (Å²) in [6.45, 7) is 0. The first kappa shape index (κ1) is 19.5. The van der Waals surface area contributed by atoms with Gasteiger partial charge in [-0.2, -0.15) is 4.57 Å². The quantitative estimate of drug-likeness (QED) is 0.263. The Morgan fingerprint density at radius 1 is 0.512 bits per heavy atom. The Morgan fingerprint density at radius 3 is 1.80 bits per heavy atom. The zero-order chi connectivity index (χ0) is 26.2. The first-order valence-corrected chi connectivity index (χ1v) is 14.2. The summed E-state index contributed by atoms with van der Waals surface area (Å²) in [4.78, 5) is 5.52. The Morgan fingerprint density at radius 2 is 1.07 bits per heavy atom. The average Bonchev–Trinajstić information content (AvgIpc) is 3.74. The van der Waals surface area contributed by atoms with E-state index in [4.69, 9.17) is 4.99 Å². The van der Waals surface area contributed by atoms with Crippen LogP contribution in [0.15, 0.2) is 102 Å². The molecule has 0 amide bonds. The second-order valence-electron chi connectivity index (χ2n) is 11.6. The van der Waals surface area contributed by atoms with Crippen molar-refractivity contribution in [3.8, 4) is 0 Å². The molecule has 2 aromatic heterocycles. The van der Waals surface area contributed by atoms with E-state index >= 15 is 0 Å². The molecule has 1 atom stereocenters. The van der Waals surface area contributed by atoms with Crippen molar-refractivity contribution in [3.05, 3.63) is 136 Å². The van der Waals surface area contributed by atoms with Crippen LogP contribution in [0, 0.1) is 0 Å². The molecule has 41 heavy (non-hydrogen) atoms. The highest BCUT2D eigenvalue weighted by atomic mass is 15.6. The first-order valence-electron chi connectivity index (χ1n) is 14.2. The maximum atomic E-state index is 5.52. The van der Waals surface area contributed by atoms with Crippen molar-refractivity contribution in [1.29, 1.82) is 0 Å². The van der Waals surface area contributed by atoms with E-state index in [0.717, 1.165) is 11.7 Å². The lowest BCUT2D eigenvalue weighted by molar-refractivity contribution is -0.796. The molecule has 12 rings (SSSR count). The summed E-state index contributed by atoms with van der Waals surface area (Å²) in [5, 5.41) is 7.45. The third kappa shape index (κ3) is 1.79. The fraction of sp³-hybridized carbons (Fsp3) is 0.0278. The number of hydrogen-bond donors (Lipinski definition) is 0. The topological polar surface area (TPSA) is 28.2 Å². The Kier molecular flexibility index (Phi) is 2.83. The van der Waals surface area contributed by atoms with Gasteiger partial charge in [-0.3, -0.25) is 0 Å². The minimum absolute atomic E-state index is 0.735. The van der Waals surface area contributed by atoms with Crippen molar-refractivity contribution < 1.29 is 9.15 Å². The molecule has 0 bridgehead atoms. The molecule has 0 saturated heterocycles. The summed E-state index contributed by atoms with van der Waals surface area (Å²) in [6, 6.07) is 35.4. The molecule has 0 N–H and O–H groups in total.